The Morgan fingerprint density at radius 1 is 1.04 bits per heavy atom. The molecule has 0 spiro atoms. The molecule has 0 unspecified atom stereocenters. The molecule has 1 aliphatic rings. The third kappa shape index (κ3) is 8.75. The molecule has 12 nitrogen and oxygen atoms in total. The monoisotopic (exact) mass is 672 g/mol. The van der Waals surface area contributed by atoms with Crippen molar-refractivity contribution in [3.05, 3.63) is 92.6 Å². The van der Waals surface area contributed by atoms with Crippen molar-refractivity contribution in [1.82, 2.24) is 16.1 Å². The molecule has 3 aromatic carbocycles. The van der Waals surface area contributed by atoms with E-state index >= 15 is 0 Å². The molecule has 4 N–H and O–H groups in total. The zero-order valence-electron chi connectivity index (χ0n) is 25.6. The average molecular weight is 674 g/mol. The number of aliphatic hydroxyl groups is 1. The van der Waals surface area contributed by atoms with Gasteiger partial charge in [0, 0.05) is 10.7 Å². The van der Waals surface area contributed by atoms with Crippen LogP contribution in [0.5, 0.6) is 23.0 Å². The number of carbonyl (C=O) groups is 2. The van der Waals surface area contributed by atoms with E-state index in [0.717, 1.165) is 5.56 Å². The van der Waals surface area contributed by atoms with Gasteiger partial charge in [0.1, 0.15) is 13.2 Å². The van der Waals surface area contributed by atoms with Crippen LogP contribution in [0.4, 0.5) is 4.79 Å². The molecule has 0 saturated heterocycles. The highest BCUT2D eigenvalue weighted by Gasteiger charge is 2.32. The molecule has 0 saturated carbocycles. The van der Waals surface area contributed by atoms with Gasteiger partial charge in [-0.25, -0.2) is 9.59 Å². The second-order valence-electron chi connectivity index (χ2n) is 9.86. The van der Waals surface area contributed by atoms with Gasteiger partial charge < -0.3 is 39.4 Å². The Hall–Kier alpha value is -4.65. The van der Waals surface area contributed by atoms with Crippen LogP contribution in [0.2, 0.25) is 10.0 Å². The first kappa shape index (κ1) is 34.2. The van der Waals surface area contributed by atoms with Crippen LogP contribution in [0.25, 0.3) is 0 Å². The van der Waals surface area contributed by atoms with Gasteiger partial charge in [-0.1, -0.05) is 41.4 Å². The van der Waals surface area contributed by atoms with Crippen molar-refractivity contribution in [3.8, 4) is 23.0 Å². The van der Waals surface area contributed by atoms with Crippen molar-refractivity contribution < 1.29 is 38.4 Å². The molecule has 2 amide bonds. The van der Waals surface area contributed by atoms with E-state index in [9.17, 15) is 14.7 Å². The van der Waals surface area contributed by atoms with Crippen molar-refractivity contribution >= 4 is 41.4 Å². The summed E-state index contributed by atoms with van der Waals surface area (Å²) in [6.45, 7) is 3.82. The van der Waals surface area contributed by atoms with Crippen LogP contribution in [0.3, 0.4) is 0 Å². The molecule has 2 atom stereocenters. The van der Waals surface area contributed by atoms with E-state index in [0.29, 0.717) is 56.5 Å². The number of nitrogens with one attached hydrogen (secondary N) is 3. The topological polar surface area (TPSA) is 149 Å². The maximum Gasteiger partial charge on any atom is 0.337 e. The highest BCUT2D eigenvalue weighted by molar-refractivity contribution is 6.32. The summed E-state index contributed by atoms with van der Waals surface area (Å²) < 4.78 is 27.8. The number of aliphatic hydroxyl groups excluding tert-OH is 1. The highest BCUT2D eigenvalue weighted by atomic mass is 35.5. The van der Waals surface area contributed by atoms with Gasteiger partial charge >= 0.3 is 12.0 Å². The highest BCUT2D eigenvalue weighted by Crippen LogP contribution is 2.37. The Morgan fingerprint density at radius 2 is 1.80 bits per heavy atom. The lowest BCUT2D eigenvalue weighted by molar-refractivity contribution is -0.136. The van der Waals surface area contributed by atoms with E-state index in [1.807, 2.05) is 12.1 Å². The zero-order valence-corrected chi connectivity index (χ0v) is 27.1. The summed E-state index contributed by atoms with van der Waals surface area (Å²) >= 11 is 12.4. The van der Waals surface area contributed by atoms with E-state index in [4.69, 9.17) is 46.9 Å². The van der Waals surface area contributed by atoms with Crippen molar-refractivity contribution in [3.63, 3.8) is 0 Å². The van der Waals surface area contributed by atoms with Crippen LogP contribution in [0, 0.1) is 0 Å². The van der Waals surface area contributed by atoms with Gasteiger partial charge in [-0.15, -0.1) is 0 Å². The van der Waals surface area contributed by atoms with Crippen molar-refractivity contribution in [2.45, 2.75) is 32.7 Å². The summed E-state index contributed by atoms with van der Waals surface area (Å²) in [6, 6.07) is 14.3. The number of halogens is 2. The predicted molar refractivity (Wildman–Crippen MR) is 173 cm³/mol. The summed E-state index contributed by atoms with van der Waals surface area (Å²) in [7, 11) is 2.77. The Kier molecular flexibility index (Phi) is 12.0. The number of hydrogen-bond acceptors (Lipinski definition) is 10. The number of hydrogen-bond donors (Lipinski definition) is 4. The number of ether oxygens (including phenoxy) is 5. The van der Waals surface area contributed by atoms with E-state index in [1.165, 1.54) is 20.4 Å². The number of allylic oxidation sites excluding steroid dienone is 1. The summed E-state index contributed by atoms with van der Waals surface area (Å²) in [4.78, 5) is 24.6. The fourth-order valence-corrected chi connectivity index (χ4v) is 4.91. The molecule has 0 aromatic heterocycles. The van der Waals surface area contributed by atoms with Gasteiger partial charge in [0.2, 0.25) is 0 Å². The molecule has 1 aliphatic heterocycles. The molecule has 0 radical (unpaired) electrons. The summed E-state index contributed by atoms with van der Waals surface area (Å²) in [6.07, 6.45) is 0.271. The Labute approximate surface area is 276 Å². The first-order chi connectivity index (χ1) is 22.1. The fourth-order valence-electron chi connectivity index (χ4n) is 4.51. The molecule has 0 aliphatic carbocycles. The Balaban J connectivity index is 1.38. The quantitative estimate of drug-likeness (QED) is 0.0794. The van der Waals surface area contributed by atoms with E-state index < -0.39 is 24.3 Å². The first-order valence-corrected chi connectivity index (χ1v) is 14.9. The molecular weight excluding hydrogens is 639 g/mol. The summed E-state index contributed by atoms with van der Waals surface area (Å²) in [5.74, 6) is 0.894. The van der Waals surface area contributed by atoms with Crippen LogP contribution in [-0.4, -0.2) is 57.0 Å². The third-order valence-electron chi connectivity index (χ3n) is 6.66. The lowest BCUT2D eigenvalue weighted by atomic mass is 9.95. The van der Waals surface area contributed by atoms with E-state index in [1.54, 1.807) is 56.3 Å². The first-order valence-electron chi connectivity index (χ1n) is 14.1. The molecule has 4 rings (SSSR count). The van der Waals surface area contributed by atoms with Crippen LogP contribution in [-0.2, 0) is 16.1 Å². The molecule has 3 aromatic rings. The normalized spacial score (nSPS) is 15.1. The van der Waals surface area contributed by atoms with Gasteiger partial charge in [-0.3, -0.25) is 5.43 Å². The van der Waals surface area contributed by atoms with Gasteiger partial charge in [0.05, 0.1) is 43.7 Å². The van der Waals surface area contributed by atoms with Gasteiger partial charge in [-0.05, 0) is 66.9 Å². The number of nitrogens with zero attached hydrogens (tertiary/aromatic N) is 1. The minimum atomic E-state index is -1.19. The number of benzene rings is 3. The summed E-state index contributed by atoms with van der Waals surface area (Å²) in [5.41, 5.74) is 5.31. The lowest BCUT2D eigenvalue weighted by Crippen LogP contribution is -2.45. The largest absolute Gasteiger partial charge is 0.493 e. The Morgan fingerprint density at radius 3 is 2.50 bits per heavy atom. The number of amides is 2. The van der Waals surface area contributed by atoms with E-state index in [2.05, 4.69) is 21.2 Å². The number of methoxy groups -OCH3 is 2. The molecule has 0 bridgehead atoms. The molecule has 14 heteroatoms. The second kappa shape index (κ2) is 16.1. The van der Waals surface area contributed by atoms with Gasteiger partial charge in [0.15, 0.2) is 29.2 Å². The fraction of sp³-hybridized carbons (Fsp3) is 0.281. The average Bonchev–Trinajstić information content (AvgIpc) is 3.03. The number of esters is 1. The van der Waals surface area contributed by atoms with Crippen LogP contribution in [0.1, 0.15) is 36.6 Å². The second-order valence-corrected chi connectivity index (χ2v) is 10.7. The minimum absolute atomic E-state index is 0.186. The third-order valence-corrected chi connectivity index (χ3v) is 7.19. The van der Waals surface area contributed by atoms with Crippen molar-refractivity contribution in [2.75, 3.05) is 27.4 Å². The van der Waals surface area contributed by atoms with E-state index in [-0.39, 0.29) is 18.8 Å². The molecular formula is C32H34Cl2N4O8. The maximum absolute atomic E-state index is 12.5. The lowest BCUT2D eigenvalue weighted by Gasteiger charge is -2.28. The van der Waals surface area contributed by atoms with Crippen molar-refractivity contribution in [2.24, 2.45) is 5.10 Å². The molecule has 0 fully saturated rings. The number of rotatable bonds is 14. The SMILES string of the molecule is CCOc1cc([C@@H]2NC(=O)NC(C)=C2C(=O)OC)ccc1OC[C@H](O)N/N=C\c1cc(Cl)c(OCc2ccc(Cl)cc2)c(OC)c1. The van der Waals surface area contributed by atoms with Gasteiger partial charge in [0.25, 0.3) is 0 Å². The van der Waals surface area contributed by atoms with Crippen LogP contribution >= 0.6 is 23.2 Å². The van der Waals surface area contributed by atoms with Crippen LogP contribution < -0.4 is 35.0 Å². The number of hydrazone groups is 1. The molecule has 46 heavy (non-hydrogen) atoms. The maximum atomic E-state index is 12.5. The standard InChI is InChI=1S/C32H34Cl2N4O8/c1-5-44-25-14-21(29-28(31(40)43-4)18(2)36-32(41)37-29)8-11-24(25)45-17-27(39)38-35-15-20-12-23(34)30(26(13-20)42-3)46-16-19-6-9-22(33)10-7-19/h6-15,27,29,38-39H,5,16-17H2,1-4H3,(H2,36,37,41)/b35-15-/t27-,29-/m0/s1. The molecule has 1 heterocycles. The Bertz CT molecular complexity index is 1610. The minimum Gasteiger partial charge on any atom is -0.493 e. The van der Waals surface area contributed by atoms with Crippen LogP contribution in [0.15, 0.2) is 71.0 Å². The van der Waals surface area contributed by atoms with Gasteiger partial charge in [-0.2, -0.15) is 5.10 Å². The smallest absolute Gasteiger partial charge is 0.337 e. The molecule has 244 valence electrons. The number of carbonyl (C=O) groups excluding carboxylic acids is 2. The van der Waals surface area contributed by atoms with Crippen molar-refractivity contribution in [1.29, 1.82) is 0 Å². The zero-order chi connectivity index (χ0) is 33.2. The summed E-state index contributed by atoms with van der Waals surface area (Å²) in [5, 5.41) is 20.8. The predicted octanol–water partition coefficient (Wildman–Crippen LogP) is 5.10. The number of urea groups is 1.